The molecule has 0 aliphatic heterocycles. The van der Waals surface area contributed by atoms with Crippen molar-refractivity contribution in [1.29, 1.82) is 0 Å². The Morgan fingerprint density at radius 1 is 0.957 bits per heavy atom. The fraction of sp³-hybridized carbons (Fsp3) is 0.952. The first-order valence-electron chi connectivity index (χ1n) is 10.1. The number of carbonyl (C=O) groups excluding carboxylic acids is 1. The fourth-order valence-corrected chi connectivity index (χ4v) is 7.55. The molecule has 0 bridgehead atoms. The smallest absolute Gasteiger partial charge is 0.302 e. The number of fused-ring (bicyclic) bond motifs is 5. The topological polar surface area (TPSA) is 26.3 Å². The highest BCUT2D eigenvalue weighted by molar-refractivity contribution is 5.66. The van der Waals surface area contributed by atoms with Crippen LogP contribution in [0.5, 0.6) is 0 Å². The fourth-order valence-electron chi connectivity index (χ4n) is 7.55. The number of esters is 1. The van der Waals surface area contributed by atoms with Crippen molar-refractivity contribution in [2.24, 2.45) is 34.5 Å². The zero-order valence-electron chi connectivity index (χ0n) is 15.3. The molecular weight excluding hydrogens is 284 g/mol. The SMILES string of the molecule is CC(=O)O[C@H]1CC[C@@]2(C)C(CCC3C4CCC[C@@]4(C)CCC32)C1. The van der Waals surface area contributed by atoms with E-state index in [0.717, 1.165) is 36.5 Å². The summed E-state index contributed by atoms with van der Waals surface area (Å²) in [6.07, 6.45) is 13.9. The van der Waals surface area contributed by atoms with E-state index >= 15 is 0 Å². The lowest BCUT2D eigenvalue weighted by atomic mass is 9.45. The Morgan fingerprint density at radius 2 is 1.78 bits per heavy atom. The molecule has 0 heterocycles. The quantitative estimate of drug-likeness (QED) is 0.609. The average Bonchev–Trinajstić information content (AvgIpc) is 2.89. The molecule has 4 unspecified atom stereocenters. The van der Waals surface area contributed by atoms with Crippen molar-refractivity contribution in [3.05, 3.63) is 0 Å². The summed E-state index contributed by atoms with van der Waals surface area (Å²) in [5.74, 6) is 3.63. The molecule has 0 aromatic carbocycles. The van der Waals surface area contributed by atoms with E-state index in [9.17, 15) is 4.79 Å². The largest absolute Gasteiger partial charge is 0.463 e. The first-order chi connectivity index (χ1) is 10.9. The van der Waals surface area contributed by atoms with Gasteiger partial charge in [-0.3, -0.25) is 4.79 Å². The van der Waals surface area contributed by atoms with Crippen molar-refractivity contribution < 1.29 is 9.53 Å². The Hall–Kier alpha value is -0.530. The molecular formula is C21H34O2. The zero-order chi connectivity index (χ0) is 16.2. The van der Waals surface area contributed by atoms with Gasteiger partial charge < -0.3 is 4.74 Å². The minimum Gasteiger partial charge on any atom is -0.463 e. The monoisotopic (exact) mass is 318 g/mol. The van der Waals surface area contributed by atoms with Gasteiger partial charge in [0.15, 0.2) is 0 Å². The third-order valence-electron chi connectivity index (χ3n) is 8.73. The van der Waals surface area contributed by atoms with Crippen LogP contribution in [0.4, 0.5) is 0 Å². The van der Waals surface area contributed by atoms with Gasteiger partial charge in [0.2, 0.25) is 0 Å². The molecule has 4 fully saturated rings. The van der Waals surface area contributed by atoms with Crippen LogP contribution in [0.3, 0.4) is 0 Å². The lowest BCUT2D eigenvalue weighted by Crippen LogP contribution is -2.53. The van der Waals surface area contributed by atoms with E-state index in [1.165, 1.54) is 51.4 Å². The second kappa shape index (κ2) is 5.49. The summed E-state index contributed by atoms with van der Waals surface area (Å²) in [4.78, 5) is 11.3. The van der Waals surface area contributed by atoms with Gasteiger partial charge in [-0.1, -0.05) is 20.3 Å². The van der Waals surface area contributed by atoms with Crippen LogP contribution < -0.4 is 0 Å². The maximum absolute atomic E-state index is 11.3. The van der Waals surface area contributed by atoms with Gasteiger partial charge in [0, 0.05) is 6.92 Å². The highest BCUT2D eigenvalue weighted by atomic mass is 16.5. The Morgan fingerprint density at radius 3 is 2.57 bits per heavy atom. The number of hydrogen-bond donors (Lipinski definition) is 0. The lowest BCUT2D eigenvalue weighted by molar-refractivity contribution is -0.159. The second-order valence-electron chi connectivity index (χ2n) is 9.75. The molecule has 0 radical (unpaired) electrons. The molecule has 0 aromatic rings. The number of hydrogen-bond acceptors (Lipinski definition) is 2. The van der Waals surface area contributed by atoms with E-state index in [0.29, 0.717) is 10.8 Å². The molecule has 4 saturated carbocycles. The van der Waals surface area contributed by atoms with Gasteiger partial charge in [-0.05, 0) is 92.3 Å². The lowest BCUT2D eigenvalue weighted by Gasteiger charge is -2.60. The van der Waals surface area contributed by atoms with Crippen molar-refractivity contribution in [1.82, 2.24) is 0 Å². The number of rotatable bonds is 1. The van der Waals surface area contributed by atoms with Crippen molar-refractivity contribution in [2.75, 3.05) is 0 Å². The van der Waals surface area contributed by atoms with E-state index in [1.54, 1.807) is 6.92 Å². The molecule has 0 spiro atoms. The van der Waals surface area contributed by atoms with Crippen LogP contribution in [0.25, 0.3) is 0 Å². The second-order valence-corrected chi connectivity index (χ2v) is 9.75. The van der Waals surface area contributed by atoms with Crippen LogP contribution in [0.1, 0.15) is 85.0 Å². The molecule has 2 heteroatoms. The molecule has 4 rings (SSSR count). The van der Waals surface area contributed by atoms with Gasteiger partial charge in [0.1, 0.15) is 6.10 Å². The molecule has 4 aliphatic carbocycles. The minimum atomic E-state index is -0.0910. The Balaban J connectivity index is 1.53. The molecule has 7 atom stereocenters. The molecule has 130 valence electrons. The highest BCUT2D eigenvalue weighted by Crippen LogP contribution is 2.66. The van der Waals surface area contributed by atoms with Gasteiger partial charge in [0.25, 0.3) is 0 Å². The molecule has 0 amide bonds. The maximum atomic E-state index is 11.3. The standard InChI is InChI=1S/C21H34O2/c1-14(22)23-16-8-12-21(3)15(13-16)6-7-17-18-5-4-10-20(18,2)11-9-19(17)21/h15-19H,4-13H2,1-3H3/t15?,16-,17?,18?,19?,20-,21-/m0/s1. The van der Waals surface area contributed by atoms with Crippen LogP contribution in [-0.2, 0) is 9.53 Å². The van der Waals surface area contributed by atoms with E-state index < -0.39 is 0 Å². The van der Waals surface area contributed by atoms with Crippen molar-refractivity contribution >= 4 is 5.97 Å². The van der Waals surface area contributed by atoms with Crippen molar-refractivity contribution in [3.8, 4) is 0 Å². The van der Waals surface area contributed by atoms with E-state index in [-0.39, 0.29) is 12.1 Å². The number of carbonyl (C=O) groups is 1. The van der Waals surface area contributed by atoms with Gasteiger partial charge in [-0.2, -0.15) is 0 Å². The molecule has 0 N–H and O–H groups in total. The predicted octanol–water partition coefficient (Wildman–Crippen LogP) is 5.35. The van der Waals surface area contributed by atoms with Crippen LogP contribution in [-0.4, -0.2) is 12.1 Å². The summed E-state index contributed by atoms with van der Waals surface area (Å²) >= 11 is 0. The van der Waals surface area contributed by atoms with Crippen molar-refractivity contribution in [2.45, 2.75) is 91.1 Å². The van der Waals surface area contributed by atoms with Crippen LogP contribution >= 0.6 is 0 Å². The first kappa shape index (κ1) is 16.0. The summed E-state index contributed by atoms with van der Waals surface area (Å²) in [7, 11) is 0. The van der Waals surface area contributed by atoms with E-state index in [4.69, 9.17) is 4.74 Å². The molecule has 0 aromatic heterocycles. The van der Waals surface area contributed by atoms with E-state index in [2.05, 4.69) is 13.8 Å². The summed E-state index contributed by atoms with van der Waals surface area (Å²) in [5, 5.41) is 0. The van der Waals surface area contributed by atoms with Gasteiger partial charge in [-0.25, -0.2) is 0 Å². The third-order valence-corrected chi connectivity index (χ3v) is 8.73. The molecule has 2 nitrogen and oxygen atoms in total. The third kappa shape index (κ3) is 2.46. The van der Waals surface area contributed by atoms with E-state index in [1.807, 2.05) is 0 Å². The minimum absolute atomic E-state index is 0.0910. The van der Waals surface area contributed by atoms with Gasteiger partial charge >= 0.3 is 5.97 Å². The van der Waals surface area contributed by atoms with Crippen LogP contribution in [0.2, 0.25) is 0 Å². The normalized spacial score (nSPS) is 52.2. The number of ether oxygens (including phenoxy) is 1. The highest BCUT2D eigenvalue weighted by Gasteiger charge is 2.57. The van der Waals surface area contributed by atoms with Gasteiger partial charge in [-0.15, -0.1) is 0 Å². The summed E-state index contributed by atoms with van der Waals surface area (Å²) in [6.45, 7) is 6.75. The Labute approximate surface area is 141 Å². The van der Waals surface area contributed by atoms with Crippen LogP contribution in [0.15, 0.2) is 0 Å². The summed E-state index contributed by atoms with van der Waals surface area (Å²) in [6, 6.07) is 0. The van der Waals surface area contributed by atoms with Gasteiger partial charge in [0.05, 0.1) is 0 Å². The molecule has 23 heavy (non-hydrogen) atoms. The summed E-state index contributed by atoms with van der Waals surface area (Å²) in [5.41, 5.74) is 1.18. The zero-order valence-corrected chi connectivity index (χ0v) is 15.3. The Kier molecular flexibility index (Phi) is 3.81. The Bertz CT molecular complexity index is 486. The van der Waals surface area contributed by atoms with Crippen molar-refractivity contribution in [3.63, 3.8) is 0 Å². The first-order valence-corrected chi connectivity index (χ1v) is 10.1. The average molecular weight is 319 g/mol. The molecule has 0 saturated heterocycles. The van der Waals surface area contributed by atoms with Crippen LogP contribution in [0, 0.1) is 34.5 Å². The molecule has 4 aliphatic rings. The predicted molar refractivity (Wildman–Crippen MR) is 91.9 cm³/mol. The maximum Gasteiger partial charge on any atom is 0.302 e. The summed E-state index contributed by atoms with van der Waals surface area (Å²) < 4.78 is 5.57.